The molecular formula is C22H33N5O. The number of anilines is 1. The SMILES string of the molecule is CN=Cc1ccc(N2CCN(CC(=O)N3CCN(C4CCC4)CC3)CC2)cc1. The second-order valence-corrected chi connectivity index (χ2v) is 8.24. The third kappa shape index (κ3) is 4.55. The van der Waals surface area contributed by atoms with E-state index in [2.05, 4.69) is 48.9 Å². The number of hydrogen-bond donors (Lipinski definition) is 0. The second kappa shape index (κ2) is 9.05. The molecule has 2 aliphatic heterocycles. The molecule has 0 aromatic heterocycles. The molecule has 152 valence electrons. The zero-order chi connectivity index (χ0) is 19.3. The maximum Gasteiger partial charge on any atom is 0.236 e. The van der Waals surface area contributed by atoms with E-state index in [1.807, 2.05) is 6.21 Å². The fourth-order valence-corrected chi connectivity index (χ4v) is 4.46. The van der Waals surface area contributed by atoms with Crippen LogP contribution in [-0.2, 0) is 4.79 Å². The summed E-state index contributed by atoms with van der Waals surface area (Å²) in [6.45, 7) is 8.35. The summed E-state index contributed by atoms with van der Waals surface area (Å²) in [4.78, 5) is 26.2. The maximum atomic E-state index is 12.7. The number of carbonyl (C=O) groups is 1. The van der Waals surface area contributed by atoms with Crippen molar-refractivity contribution in [2.45, 2.75) is 25.3 Å². The fraction of sp³-hybridized carbons (Fsp3) is 0.636. The summed E-state index contributed by atoms with van der Waals surface area (Å²) in [5.41, 5.74) is 2.39. The minimum Gasteiger partial charge on any atom is -0.369 e. The van der Waals surface area contributed by atoms with E-state index in [9.17, 15) is 4.79 Å². The molecule has 1 aromatic carbocycles. The largest absolute Gasteiger partial charge is 0.369 e. The number of piperazine rings is 2. The molecule has 0 unspecified atom stereocenters. The molecule has 1 amide bonds. The molecule has 2 saturated heterocycles. The van der Waals surface area contributed by atoms with Crippen LogP contribution < -0.4 is 4.90 Å². The van der Waals surface area contributed by atoms with Crippen molar-refractivity contribution in [2.75, 3.05) is 70.9 Å². The highest BCUT2D eigenvalue weighted by Gasteiger charge is 2.30. The predicted octanol–water partition coefficient (Wildman–Crippen LogP) is 1.55. The molecular weight excluding hydrogens is 350 g/mol. The van der Waals surface area contributed by atoms with Gasteiger partial charge in [-0.15, -0.1) is 0 Å². The normalized spacial score (nSPS) is 22.6. The van der Waals surface area contributed by atoms with Crippen molar-refractivity contribution >= 4 is 17.8 Å². The lowest BCUT2D eigenvalue weighted by Gasteiger charge is -2.43. The van der Waals surface area contributed by atoms with E-state index in [-0.39, 0.29) is 0 Å². The molecule has 0 atom stereocenters. The van der Waals surface area contributed by atoms with Gasteiger partial charge in [0.05, 0.1) is 6.54 Å². The number of aliphatic imine (C=N–C) groups is 1. The summed E-state index contributed by atoms with van der Waals surface area (Å²) >= 11 is 0. The first-order valence-corrected chi connectivity index (χ1v) is 10.7. The van der Waals surface area contributed by atoms with E-state index in [4.69, 9.17) is 0 Å². The number of nitrogens with zero attached hydrogens (tertiary/aromatic N) is 5. The Morgan fingerprint density at radius 1 is 1.00 bits per heavy atom. The van der Waals surface area contributed by atoms with Gasteiger partial charge in [0.1, 0.15) is 0 Å². The number of carbonyl (C=O) groups excluding carboxylic acids is 1. The summed E-state index contributed by atoms with van der Waals surface area (Å²) in [6.07, 6.45) is 5.96. The van der Waals surface area contributed by atoms with Crippen LogP contribution in [0.3, 0.4) is 0 Å². The highest BCUT2D eigenvalue weighted by Crippen LogP contribution is 2.25. The summed E-state index contributed by atoms with van der Waals surface area (Å²) in [6, 6.07) is 9.36. The van der Waals surface area contributed by atoms with Gasteiger partial charge in [-0.3, -0.25) is 19.6 Å². The Hall–Kier alpha value is -1.92. The van der Waals surface area contributed by atoms with Gasteiger partial charge in [-0.2, -0.15) is 0 Å². The van der Waals surface area contributed by atoms with Gasteiger partial charge in [0.2, 0.25) is 5.91 Å². The topological polar surface area (TPSA) is 42.4 Å². The van der Waals surface area contributed by atoms with Crippen molar-refractivity contribution in [3.8, 4) is 0 Å². The maximum absolute atomic E-state index is 12.7. The van der Waals surface area contributed by atoms with E-state index in [0.717, 1.165) is 64.0 Å². The first-order valence-electron chi connectivity index (χ1n) is 10.7. The quantitative estimate of drug-likeness (QED) is 0.724. The Labute approximate surface area is 168 Å². The van der Waals surface area contributed by atoms with Crippen LogP contribution >= 0.6 is 0 Å². The van der Waals surface area contributed by atoms with Gasteiger partial charge >= 0.3 is 0 Å². The summed E-state index contributed by atoms with van der Waals surface area (Å²) in [5.74, 6) is 0.310. The van der Waals surface area contributed by atoms with E-state index >= 15 is 0 Å². The molecule has 6 heteroatoms. The van der Waals surface area contributed by atoms with Crippen molar-refractivity contribution in [3.63, 3.8) is 0 Å². The predicted molar refractivity (Wildman–Crippen MR) is 114 cm³/mol. The molecule has 2 heterocycles. The van der Waals surface area contributed by atoms with E-state index in [1.165, 1.54) is 24.9 Å². The third-order valence-electron chi connectivity index (χ3n) is 6.53. The minimum atomic E-state index is 0.310. The van der Waals surface area contributed by atoms with Gasteiger partial charge in [0.15, 0.2) is 0 Å². The van der Waals surface area contributed by atoms with Gasteiger partial charge in [-0.25, -0.2) is 0 Å². The molecule has 0 spiro atoms. The minimum absolute atomic E-state index is 0.310. The summed E-state index contributed by atoms with van der Waals surface area (Å²) < 4.78 is 0. The van der Waals surface area contributed by atoms with E-state index < -0.39 is 0 Å². The summed E-state index contributed by atoms with van der Waals surface area (Å²) in [7, 11) is 1.79. The Balaban J connectivity index is 1.20. The second-order valence-electron chi connectivity index (χ2n) is 8.24. The van der Waals surface area contributed by atoms with Crippen LogP contribution in [-0.4, -0.2) is 98.8 Å². The molecule has 1 saturated carbocycles. The standard InChI is InChI=1S/C22H33N5O/c1-23-17-19-5-7-21(8-6-19)25-11-9-24(10-12-25)18-22(28)27-15-13-26(14-16-27)20-3-2-4-20/h5-8,17,20H,2-4,9-16,18H2,1H3. The molecule has 0 N–H and O–H groups in total. The number of hydrogen-bond acceptors (Lipinski definition) is 5. The van der Waals surface area contributed by atoms with Gasteiger partial charge < -0.3 is 9.80 Å². The van der Waals surface area contributed by atoms with Crippen LogP contribution in [0.5, 0.6) is 0 Å². The molecule has 1 aromatic rings. The molecule has 1 aliphatic carbocycles. The molecule has 0 radical (unpaired) electrons. The average molecular weight is 384 g/mol. The number of amides is 1. The third-order valence-corrected chi connectivity index (χ3v) is 6.53. The Bertz CT molecular complexity index is 669. The van der Waals surface area contributed by atoms with Crippen molar-refractivity contribution in [2.24, 2.45) is 4.99 Å². The van der Waals surface area contributed by atoms with Gasteiger partial charge in [0.25, 0.3) is 0 Å². The average Bonchev–Trinajstić information content (AvgIpc) is 2.69. The summed E-state index contributed by atoms with van der Waals surface area (Å²) in [5, 5.41) is 0. The van der Waals surface area contributed by atoms with Gasteiger partial charge in [-0.1, -0.05) is 18.6 Å². The fourth-order valence-electron chi connectivity index (χ4n) is 4.46. The van der Waals surface area contributed by atoms with Crippen LogP contribution in [0.1, 0.15) is 24.8 Å². The lowest BCUT2D eigenvalue weighted by molar-refractivity contribution is -0.134. The van der Waals surface area contributed by atoms with Crippen LogP contribution in [0, 0.1) is 0 Å². The zero-order valence-corrected chi connectivity index (χ0v) is 17.1. The molecule has 28 heavy (non-hydrogen) atoms. The van der Waals surface area contributed by atoms with Gasteiger partial charge in [0, 0.05) is 77.3 Å². The highest BCUT2D eigenvalue weighted by molar-refractivity contribution is 5.80. The van der Waals surface area contributed by atoms with Crippen LogP contribution in [0.15, 0.2) is 29.3 Å². The first-order chi connectivity index (χ1) is 13.7. The number of benzene rings is 1. The Morgan fingerprint density at radius 2 is 1.68 bits per heavy atom. The molecule has 0 bridgehead atoms. The lowest BCUT2D eigenvalue weighted by atomic mass is 9.91. The van der Waals surface area contributed by atoms with Crippen molar-refractivity contribution < 1.29 is 4.79 Å². The van der Waals surface area contributed by atoms with Crippen molar-refractivity contribution in [1.82, 2.24) is 14.7 Å². The number of rotatable bonds is 5. The first kappa shape index (κ1) is 19.4. The van der Waals surface area contributed by atoms with Gasteiger partial charge in [-0.05, 0) is 30.5 Å². The smallest absolute Gasteiger partial charge is 0.236 e. The molecule has 4 rings (SSSR count). The molecule has 3 fully saturated rings. The Kier molecular flexibility index (Phi) is 6.27. The van der Waals surface area contributed by atoms with E-state index in [1.54, 1.807) is 7.05 Å². The Morgan fingerprint density at radius 3 is 2.25 bits per heavy atom. The lowest BCUT2D eigenvalue weighted by Crippen LogP contribution is -2.56. The molecule has 6 nitrogen and oxygen atoms in total. The highest BCUT2D eigenvalue weighted by atomic mass is 16.2. The van der Waals surface area contributed by atoms with Crippen molar-refractivity contribution in [1.29, 1.82) is 0 Å². The monoisotopic (exact) mass is 383 g/mol. The molecule has 3 aliphatic rings. The van der Waals surface area contributed by atoms with Crippen LogP contribution in [0.2, 0.25) is 0 Å². The van der Waals surface area contributed by atoms with Crippen LogP contribution in [0.4, 0.5) is 5.69 Å². The van der Waals surface area contributed by atoms with Crippen LogP contribution in [0.25, 0.3) is 0 Å². The zero-order valence-electron chi connectivity index (χ0n) is 17.1. The van der Waals surface area contributed by atoms with Crippen molar-refractivity contribution in [3.05, 3.63) is 29.8 Å². The van der Waals surface area contributed by atoms with E-state index in [0.29, 0.717) is 12.5 Å².